The molecule has 10 heteroatoms. The van der Waals surface area contributed by atoms with Gasteiger partial charge in [-0.15, -0.1) is 16.4 Å². The van der Waals surface area contributed by atoms with Crippen LogP contribution in [0.3, 0.4) is 0 Å². The summed E-state index contributed by atoms with van der Waals surface area (Å²) in [6, 6.07) is 11.7. The molecule has 1 saturated heterocycles. The van der Waals surface area contributed by atoms with Gasteiger partial charge in [0.2, 0.25) is 0 Å². The van der Waals surface area contributed by atoms with E-state index in [2.05, 4.69) is 20.4 Å². The molecule has 1 aliphatic rings. The maximum absolute atomic E-state index is 12.9. The quantitative estimate of drug-likeness (QED) is 0.593. The van der Waals surface area contributed by atoms with Crippen LogP contribution in [0, 0.1) is 6.92 Å². The van der Waals surface area contributed by atoms with Gasteiger partial charge in [-0.05, 0) is 48.0 Å². The van der Waals surface area contributed by atoms with Gasteiger partial charge in [0.1, 0.15) is 4.21 Å². The van der Waals surface area contributed by atoms with Crippen LogP contribution in [0.5, 0.6) is 0 Å². The first-order valence-corrected chi connectivity index (χ1v) is 11.9. The Morgan fingerprint density at radius 3 is 2.41 bits per heavy atom. The lowest BCUT2D eigenvalue weighted by atomic mass is 10.2. The first-order valence-electron chi connectivity index (χ1n) is 9.63. The van der Waals surface area contributed by atoms with Crippen molar-refractivity contribution in [1.29, 1.82) is 0 Å². The molecule has 1 aromatic carbocycles. The zero-order valence-corrected chi connectivity index (χ0v) is 18.2. The summed E-state index contributed by atoms with van der Waals surface area (Å²) < 4.78 is 29.5. The predicted octanol–water partition coefficient (Wildman–Crippen LogP) is 2.10. The molecule has 0 unspecified atom stereocenters. The highest BCUT2D eigenvalue weighted by Crippen LogP contribution is 2.26. The van der Waals surface area contributed by atoms with Gasteiger partial charge in [-0.25, -0.2) is 8.42 Å². The fourth-order valence-electron chi connectivity index (χ4n) is 3.33. The number of tetrazole rings is 1. The third-order valence-electron chi connectivity index (χ3n) is 5.09. The minimum Gasteiger partial charge on any atom is -0.293 e. The molecule has 154 valence electrons. The summed E-state index contributed by atoms with van der Waals surface area (Å²) in [7, 11) is -3.41. The lowest BCUT2D eigenvalue weighted by Gasteiger charge is -2.33. The number of piperazine rings is 1. The van der Waals surface area contributed by atoms with Crippen molar-refractivity contribution in [3.8, 4) is 5.69 Å². The van der Waals surface area contributed by atoms with Crippen LogP contribution >= 0.6 is 11.3 Å². The van der Waals surface area contributed by atoms with E-state index in [-0.39, 0.29) is 0 Å². The molecular formula is C19H24N6O2S2. The van der Waals surface area contributed by atoms with E-state index < -0.39 is 10.0 Å². The lowest BCUT2D eigenvalue weighted by Crippen LogP contribution is -2.48. The minimum atomic E-state index is -3.41. The van der Waals surface area contributed by atoms with Gasteiger partial charge in [-0.3, -0.25) is 4.90 Å². The van der Waals surface area contributed by atoms with E-state index in [0.29, 0.717) is 36.9 Å². The molecule has 3 aromatic rings. The van der Waals surface area contributed by atoms with E-state index in [1.807, 2.05) is 44.2 Å². The van der Waals surface area contributed by atoms with Gasteiger partial charge >= 0.3 is 0 Å². The highest BCUT2D eigenvalue weighted by Gasteiger charge is 2.30. The first-order chi connectivity index (χ1) is 14.0. The van der Waals surface area contributed by atoms with E-state index in [9.17, 15) is 8.42 Å². The van der Waals surface area contributed by atoms with Gasteiger partial charge in [0.25, 0.3) is 10.0 Å². The molecule has 8 nitrogen and oxygen atoms in total. The topological polar surface area (TPSA) is 84.2 Å². The van der Waals surface area contributed by atoms with Crippen LogP contribution < -0.4 is 0 Å². The molecule has 0 spiro atoms. The normalized spacial score (nSPS) is 16.3. The average molecular weight is 433 g/mol. The van der Waals surface area contributed by atoms with Crippen LogP contribution in [0.25, 0.3) is 5.69 Å². The summed E-state index contributed by atoms with van der Waals surface area (Å²) in [6.07, 6.45) is 0.851. The Balaban J connectivity index is 1.41. The van der Waals surface area contributed by atoms with Crippen molar-refractivity contribution in [2.75, 3.05) is 26.2 Å². The van der Waals surface area contributed by atoms with Crippen molar-refractivity contribution in [3.05, 3.63) is 52.7 Å². The lowest BCUT2D eigenvalue weighted by molar-refractivity contribution is 0.177. The molecule has 0 aliphatic carbocycles. The number of aryl methyl sites for hydroxylation is 2. The number of rotatable bonds is 6. The highest BCUT2D eigenvalue weighted by molar-refractivity contribution is 7.91. The van der Waals surface area contributed by atoms with Crippen molar-refractivity contribution in [2.24, 2.45) is 0 Å². The SMILES string of the molecule is CCc1ccc(S(=O)(=O)N2CCN(Cc3nnnn3-c3ccc(C)cc3)CC2)s1. The predicted molar refractivity (Wildman–Crippen MR) is 112 cm³/mol. The summed E-state index contributed by atoms with van der Waals surface area (Å²) in [5, 5.41) is 12.1. The summed E-state index contributed by atoms with van der Waals surface area (Å²) in [6.45, 7) is 6.87. The molecule has 29 heavy (non-hydrogen) atoms. The molecular weight excluding hydrogens is 408 g/mol. The molecule has 3 heterocycles. The second-order valence-electron chi connectivity index (χ2n) is 7.10. The fourth-order valence-corrected chi connectivity index (χ4v) is 6.20. The van der Waals surface area contributed by atoms with Gasteiger partial charge in [0, 0.05) is 31.1 Å². The molecule has 0 amide bonds. The number of sulfonamides is 1. The van der Waals surface area contributed by atoms with Crippen molar-refractivity contribution in [1.82, 2.24) is 29.4 Å². The van der Waals surface area contributed by atoms with Crippen LogP contribution in [0.2, 0.25) is 0 Å². The van der Waals surface area contributed by atoms with E-state index in [1.54, 1.807) is 15.1 Å². The Bertz CT molecular complexity index is 1070. The molecule has 0 saturated carbocycles. The molecule has 0 radical (unpaired) electrons. The van der Waals surface area contributed by atoms with Crippen LogP contribution in [0.15, 0.2) is 40.6 Å². The number of hydrogen-bond acceptors (Lipinski definition) is 7. The zero-order chi connectivity index (χ0) is 20.4. The van der Waals surface area contributed by atoms with Crippen LogP contribution in [0.1, 0.15) is 23.2 Å². The Morgan fingerprint density at radius 1 is 1.03 bits per heavy atom. The number of aromatic nitrogens is 4. The summed E-state index contributed by atoms with van der Waals surface area (Å²) in [4.78, 5) is 3.28. The Morgan fingerprint density at radius 2 is 1.76 bits per heavy atom. The van der Waals surface area contributed by atoms with Gasteiger partial charge in [-0.2, -0.15) is 8.99 Å². The fraction of sp³-hybridized carbons (Fsp3) is 0.421. The standard InChI is InChI=1S/C19H24N6O2S2/c1-3-17-8-9-19(28-17)29(26,27)24-12-10-23(11-13-24)14-18-20-21-22-25(18)16-6-4-15(2)5-7-16/h4-9H,3,10-14H2,1-2H3. The van der Waals surface area contributed by atoms with E-state index >= 15 is 0 Å². The number of hydrogen-bond donors (Lipinski definition) is 0. The molecule has 0 N–H and O–H groups in total. The van der Waals surface area contributed by atoms with E-state index in [1.165, 1.54) is 16.9 Å². The summed E-state index contributed by atoms with van der Waals surface area (Å²) >= 11 is 1.37. The maximum atomic E-state index is 12.9. The van der Waals surface area contributed by atoms with Crippen molar-refractivity contribution in [3.63, 3.8) is 0 Å². The third kappa shape index (κ3) is 4.25. The van der Waals surface area contributed by atoms with Gasteiger partial charge in [0.15, 0.2) is 5.82 Å². The number of benzene rings is 1. The second-order valence-corrected chi connectivity index (χ2v) is 10.4. The van der Waals surface area contributed by atoms with Crippen LogP contribution in [-0.2, 0) is 23.0 Å². The van der Waals surface area contributed by atoms with Gasteiger partial charge in [-0.1, -0.05) is 24.6 Å². The molecule has 1 aliphatic heterocycles. The monoisotopic (exact) mass is 432 g/mol. The summed E-state index contributed by atoms with van der Waals surface area (Å²) in [5.41, 5.74) is 2.10. The minimum absolute atomic E-state index is 0.436. The molecule has 0 bridgehead atoms. The van der Waals surface area contributed by atoms with Crippen molar-refractivity contribution < 1.29 is 8.42 Å². The van der Waals surface area contributed by atoms with Crippen molar-refractivity contribution in [2.45, 2.75) is 31.0 Å². The van der Waals surface area contributed by atoms with E-state index in [4.69, 9.17) is 0 Å². The third-order valence-corrected chi connectivity index (χ3v) is 8.68. The molecule has 2 aromatic heterocycles. The molecule has 1 fully saturated rings. The largest absolute Gasteiger partial charge is 0.293 e. The molecule has 4 rings (SSSR count). The average Bonchev–Trinajstić information content (AvgIpc) is 3.39. The highest BCUT2D eigenvalue weighted by atomic mass is 32.2. The van der Waals surface area contributed by atoms with Crippen LogP contribution in [0.4, 0.5) is 0 Å². The van der Waals surface area contributed by atoms with E-state index in [0.717, 1.165) is 22.8 Å². The second kappa shape index (κ2) is 8.31. The van der Waals surface area contributed by atoms with Gasteiger partial charge in [0.05, 0.1) is 12.2 Å². The van der Waals surface area contributed by atoms with Crippen LogP contribution in [-0.4, -0.2) is 64.0 Å². The Labute approximate surface area is 174 Å². The smallest absolute Gasteiger partial charge is 0.252 e. The summed E-state index contributed by atoms with van der Waals surface area (Å²) in [5.74, 6) is 0.746. The zero-order valence-electron chi connectivity index (χ0n) is 16.5. The Kier molecular flexibility index (Phi) is 5.77. The molecule has 0 atom stereocenters. The number of thiophene rings is 1. The Hall–Kier alpha value is -2.14. The number of nitrogens with zero attached hydrogens (tertiary/aromatic N) is 6. The van der Waals surface area contributed by atoms with Crippen molar-refractivity contribution >= 4 is 21.4 Å². The maximum Gasteiger partial charge on any atom is 0.252 e. The first kappa shape index (κ1) is 20.1. The van der Waals surface area contributed by atoms with Gasteiger partial charge < -0.3 is 0 Å².